The number of aryl methyl sites for hydroxylation is 2. The summed E-state index contributed by atoms with van der Waals surface area (Å²) in [6.45, 7) is 11.3. The maximum absolute atomic E-state index is 13.0. The lowest BCUT2D eigenvalue weighted by Crippen LogP contribution is -2.34. The van der Waals surface area contributed by atoms with E-state index in [1.807, 2.05) is 39.8 Å². The molecule has 2 atom stereocenters. The molecule has 1 N–H and O–H groups in total. The number of benzene rings is 1. The van der Waals surface area contributed by atoms with E-state index in [9.17, 15) is 8.42 Å². The third-order valence-corrected chi connectivity index (χ3v) is 6.42. The van der Waals surface area contributed by atoms with Crippen LogP contribution < -0.4 is 5.32 Å². The Hall–Kier alpha value is -1.07. The molecule has 0 saturated carbocycles. The predicted octanol–water partition coefficient (Wildman–Crippen LogP) is 3.15. The highest BCUT2D eigenvalue weighted by molar-refractivity contribution is 7.89. The fraction of sp³-hybridized carbons (Fsp3) is 0.625. The Labute approximate surface area is 128 Å². The second kappa shape index (κ2) is 5.97. The van der Waals surface area contributed by atoms with E-state index in [2.05, 4.69) is 12.2 Å². The maximum Gasteiger partial charge on any atom is 0.243 e. The minimum Gasteiger partial charge on any atom is -0.385 e. The Morgan fingerprint density at radius 3 is 2.24 bits per heavy atom. The van der Waals surface area contributed by atoms with E-state index in [4.69, 9.17) is 0 Å². The highest BCUT2D eigenvalue weighted by Crippen LogP contribution is 2.33. The highest BCUT2D eigenvalue weighted by Gasteiger charge is 2.37. The molecule has 0 radical (unpaired) electrons. The van der Waals surface area contributed by atoms with E-state index in [1.165, 1.54) is 0 Å². The molecule has 0 spiro atoms. The van der Waals surface area contributed by atoms with Crippen LogP contribution in [0.3, 0.4) is 0 Å². The zero-order valence-electron chi connectivity index (χ0n) is 13.6. The number of anilines is 1. The summed E-state index contributed by atoms with van der Waals surface area (Å²) in [6, 6.07) is 3.93. The van der Waals surface area contributed by atoms with Crippen LogP contribution in [-0.4, -0.2) is 31.9 Å². The molecule has 1 heterocycles. The van der Waals surface area contributed by atoms with Gasteiger partial charge >= 0.3 is 0 Å². The molecule has 21 heavy (non-hydrogen) atoms. The second-order valence-electron chi connectivity index (χ2n) is 6.23. The molecule has 2 rings (SSSR count). The lowest BCUT2D eigenvalue weighted by molar-refractivity contribution is 0.405. The van der Waals surface area contributed by atoms with Gasteiger partial charge < -0.3 is 5.32 Å². The molecule has 2 unspecified atom stereocenters. The van der Waals surface area contributed by atoms with Crippen LogP contribution in [0.5, 0.6) is 0 Å². The van der Waals surface area contributed by atoms with Crippen LogP contribution in [0.2, 0.25) is 0 Å². The van der Waals surface area contributed by atoms with Gasteiger partial charge in [0.05, 0.1) is 4.90 Å². The quantitative estimate of drug-likeness (QED) is 0.929. The van der Waals surface area contributed by atoms with Crippen LogP contribution in [0.4, 0.5) is 5.69 Å². The Kier molecular flexibility index (Phi) is 4.63. The van der Waals surface area contributed by atoms with Crippen molar-refractivity contribution in [1.82, 2.24) is 4.31 Å². The second-order valence-corrected chi connectivity index (χ2v) is 8.06. The molecule has 0 aromatic heterocycles. The molecule has 0 amide bonds. The molecule has 1 aliphatic rings. The van der Waals surface area contributed by atoms with Gasteiger partial charge in [-0.3, -0.25) is 0 Å². The van der Waals surface area contributed by atoms with Crippen LogP contribution in [0.15, 0.2) is 17.0 Å². The number of nitrogens with one attached hydrogen (secondary N) is 1. The molecular weight excluding hydrogens is 284 g/mol. The molecule has 4 nitrogen and oxygen atoms in total. The van der Waals surface area contributed by atoms with Crippen LogP contribution in [0.25, 0.3) is 0 Å². The fourth-order valence-corrected chi connectivity index (χ4v) is 5.55. The van der Waals surface area contributed by atoms with Crippen molar-refractivity contribution >= 4 is 15.7 Å². The van der Waals surface area contributed by atoms with Crippen molar-refractivity contribution in [3.8, 4) is 0 Å². The van der Waals surface area contributed by atoms with Crippen molar-refractivity contribution in [1.29, 1.82) is 0 Å². The first-order valence-electron chi connectivity index (χ1n) is 7.64. The van der Waals surface area contributed by atoms with E-state index in [-0.39, 0.29) is 6.04 Å². The van der Waals surface area contributed by atoms with Gasteiger partial charge in [0.2, 0.25) is 10.0 Å². The number of nitrogens with zero attached hydrogens (tertiary/aromatic N) is 1. The molecule has 1 aromatic carbocycles. The van der Waals surface area contributed by atoms with Crippen LogP contribution >= 0.6 is 0 Å². The molecular formula is C16H26N2O2S. The van der Waals surface area contributed by atoms with Crippen molar-refractivity contribution in [2.24, 2.45) is 5.92 Å². The number of rotatable bonds is 4. The fourth-order valence-electron chi connectivity index (χ4n) is 3.38. The third-order valence-electron chi connectivity index (χ3n) is 4.13. The standard InChI is InChI=1S/C16H26N2O2S/c1-6-17-15-8-12(3)16(13(4)9-15)21(19,20)18-10-11(2)7-14(18)5/h8-9,11,14,17H,6-7,10H2,1-5H3. The minimum absolute atomic E-state index is 0.0808. The molecule has 1 aliphatic heterocycles. The van der Waals surface area contributed by atoms with Gasteiger partial charge in [0.1, 0.15) is 0 Å². The zero-order chi connectivity index (χ0) is 15.8. The van der Waals surface area contributed by atoms with E-state index in [0.29, 0.717) is 17.4 Å². The third kappa shape index (κ3) is 3.09. The van der Waals surface area contributed by atoms with Crippen molar-refractivity contribution < 1.29 is 8.42 Å². The van der Waals surface area contributed by atoms with Gasteiger partial charge in [-0.05, 0) is 63.3 Å². The summed E-state index contributed by atoms with van der Waals surface area (Å²) in [5.41, 5.74) is 2.62. The summed E-state index contributed by atoms with van der Waals surface area (Å²) in [6.07, 6.45) is 0.937. The van der Waals surface area contributed by atoms with Gasteiger partial charge in [0, 0.05) is 24.8 Å². The molecule has 0 bridgehead atoms. The van der Waals surface area contributed by atoms with Gasteiger partial charge in [-0.2, -0.15) is 4.31 Å². The van der Waals surface area contributed by atoms with E-state index in [0.717, 1.165) is 29.8 Å². The van der Waals surface area contributed by atoms with Crippen molar-refractivity contribution in [3.05, 3.63) is 23.3 Å². The monoisotopic (exact) mass is 310 g/mol. The Morgan fingerprint density at radius 2 is 1.81 bits per heavy atom. The first kappa shape index (κ1) is 16.3. The van der Waals surface area contributed by atoms with Crippen LogP contribution in [0, 0.1) is 19.8 Å². The lowest BCUT2D eigenvalue weighted by atomic mass is 10.1. The molecule has 0 aliphatic carbocycles. The topological polar surface area (TPSA) is 49.4 Å². The van der Waals surface area contributed by atoms with E-state index < -0.39 is 10.0 Å². The number of hydrogen-bond donors (Lipinski definition) is 1. The largest absolute Gasteiger partial charge is 0.385 e. The Bertz CT molecular complexity index is 602. The van der Waals surface area contributed by atoms with Gasteiger partial charge in [0.25, 0.3) is 0 Å². The maximum atomic E-state index is 13.0. The SMILES string of the molecule is CCNc1cc(C)c(S(=O)(=O)N2CC(C)CC2C)c(C)c1. The van der Waals surface area contributed by atoms with Crippen molar-refractivity contribution in [2.75, 3.05) is 18.4 Å². The van der Waals surface area contributed by atoms with E-state index >= 15 is 0 Å². The normalized spacial score (nSPS) is 23.5. The smallest absolute Gasteiger partial charge is 0.243 e. The first-order chi connectivity index (χ1) is 9.77. The predicted molar refractivity (Wildman–Crippen MR) is 87.2 cm³/mol. The van der Waals surface area contributed by atoms with Crippen LogP contribution in [-0.2, 0) is 10.0 Å². The summed E-state index contributed by atoms with van der Waals surface area (Å²) in [4.78, 5) is 0.477. The molecule has 5 heteroatoms. The molecule has 118 valence electrons. The summed E-state index contributed by atoms with van der Waals surface area (Å²) >= 11 is 0. The molecule has 1 saturated heterocycles. The number of hydrogen-bond acceptors (Lipinski definition) is 3. The van der Waals surface area contributed by atoms with Crippen LogP contribution in [0.1, 0.15) is 38.3 Å². The minimum atomic E-state index is -3.41. The average molecular weight is 310 g/mol. The van der Waals surface area contributed by atoms with Gasteiger partial charge in [-0.15, -0.1) is 0 Å². The van der Waals surface area contributed by atoms with Gasteiger partial charge in [0.15, 0.2) is 0 Å². The molecule has 1 fully saturated rings. The lowest BCUT2D eigenvalue weighted by Gasteiger charge is -2.24. The first-order valence-corrected chi connectivity index (χ1v) is 9.08. The summed E-state index contributed by atoms with van der Waals surface area (Å²) in [5, 5.41) is 3.24. The molecule has 1 aromatic rings. The zero-order valence-corrected chi connectivity index (χ0v) is 14.4. The Morgan fingerprint density at radius 1 is 1.24 bits per heavy atom. The summed E-state index contributed by atoms with van der Waals surface area (Å²) in [7, 11) is -3.41. The summed E-state index contributed by atoms with van der Waals surface area (Å²) < 4.78 is 27.7. The number of sulfonamides is 1. The van der Waals surface area contributed by atoms with Crippen molar-refractivity contribution in [3.63, 3.8) is 0 Å². The van der Waals surface area contributed by atoms with E-state index in [1.54, 1.807) is 4.31 Å². The average Bonchev–Trinajstić information content (AvgIpc) is 2.68. The van der Waals surface area contributed by atoms with Gasteiger partial charge in [-0.25, -0.2) is 8.42 Å². The summed E-state index contributed by atoms with van der Waals surface area (Å²) in [5.74, 6) is 0.427. The highest BCUT2D eigenvalue weighted by atomic mass is 32.2. The van der Waals surface area contributed by atoms with Gasteiger partial charge in [-0.1, -0.05) is 6.92 Å². The van der Waals surface area contributed by atoms with Crippen molar-refractivity contribution in [2.45, 2.75) is 52.0 Å². The Balaban J connectivity index is 2.46.